The number of hydrogen-bond acceptors (Lipinski definition) is 5. The Kier molecular flexibility index (Phi) is 5.13. The number of rotatable bonds is 5. The third-order valence-electron chi connectivity index (χ3n) is 5.72. The normalized spacial score (nSPS) is 22.7. The SMILES string of the molecule is CS(=O)(=O)c1ccc(CN2C(=O)C[C@H]3[C@@H]2CCN3Cc2ncc(C(F)(F)F)[nH]2)cc1. The molecule has 1 aromatic carbocycles. The summed E-state index contributed by atoms with van der Waals surface area (Å²) < 4.78 is 61.5. The van der Waals surface area contributed by atoms with Gasteiger partial charge in [-0.15, -0.1) is 0 Å². The molecule has 11 heteroatoms. The fourth-order valence-corrected chi connectivity index (χ4v) is 4.86. The maximum Gasteiger partial charge on any atom is 0.432 e. The predicted octanol–water partition coefficient (Wildman–Crippen LogP) is 2.21. The van der Waals surface area contributed by atoms with E-state index in [-0.39, 0.29) is 35.3 Å². The molecule has 0 spiro atoms. The summed E-state index contributed by atoms with van der Waals surface area (Å²) in [4.78, 5) is 22.7. The highest BCUT2D eigenvalue weighted by Crippen LogP contribution is 2.35. The molecule has 2 aliphatic heterocycles. The van der Waals surface area contributed by atoms with Crippen LogP contribution in [0.25, 0.3) is 0 Å². The second-order valence-corrected chi connectivity index (χ2v) is 9.79. The van der Waals surface area contributed by atoms with Crippen LogP contribution in [0.15, 0.2) is 35.4 Å². The number of fused-ring (bicyclic) bond motifs is 1. The summed E-state index contributed by atoms with van der Waals surface area (Å²) in [5.74, 6) is 0.211. The van der Waals surface area contributed by atoms with Crippen molar-refractivity contribution in [3.05, 3.63) is 47.5 Å². The minimum Gasteiger partial charge on any atom is -0.337 e. The molecule has 7 nitrogen and oxygen atoms in total. The molecule has 0 aliphatic carbocycles. The lowest BCUT2D eigenvalue weighted by atomic mass is 10.1. The maximum absolute atomic E-state index is 12.8. The minimum atomic E-state index is -4.47. The molecular formula is C19H21F3N4O3S. The third kappa shape index (κ3) is 4.08. The topological polar surface area (TPSA) is 86.4 Å². The van der Waals surface area contributed by atoms with Gasteiger partial charge in [-0.1, -0.05) is 12.1 Å². The molecule has 1 N–H and O–H groups in total. The molecule has 3 heterocycles. The summed E-state index contributed by atoms with van der Waals surface area (Å²) in [6.45, 7) is 1.26. The molecule has 0 radical (unpaired) electrons. The Hall–Kier alpha value is -2.40. The van der Waals surface area contributed by atoms with Crippen LogP contribution in [0.4, 0.5) is 13.2 Å². The van der Waals surface area contributed by atoms with Gasteiger partial charge in [-0.2, -0.15) is 13.2 Å². The number of sulfone groups is 1. The van der Waals surface area contributed by atoms with Crippen LogP contribution in [-0.2, 0) is 33.9 Å². The molecule has 2 atom stereocenters. The average molecular weight is 442 g/mol. The summed E-state index contributed by atoms with van der Waals surface area (Å²) in [6, 6.07) is 6.35. The van der Waals surface area contributed by atoms with Gasteiger partial charge in [-0.25, -0.2) is 13.4 Å². The Morgan fingerprint density at radius 2 is 1.87 bits per heavy atom. The molecular weight excluding hydrogens is 421 g/mol. The highest BCUT2D eigenvalue weighted by atomic mass is 32.2. The van der Waals surface area contributed by atoms with Gasteiger partial charge in [0.1, 0.15) is 11.5 Å². The van der Waals surface area contributed by atoms with Crippen LogP contribution in [0, 0.1) is 0 Å². The lowest BCUT2D eigenvalue weighted by molar-refractivity contribution is -0.141. The van der Waals surface area contributed by atoms with Crippen molar-refractivity contribution in [1.29, 1.82) is 0 Å². The van der Waals surface area contributed by atoms with Crippen LogP contribution in [0.1, 0.15) is 29.9 Å². The molecule has 1 amide bonds. The number of H-pyrrole nitrogens is 1. The monoisotopic (exact) mass is 442 g/mol. The molecule has 0 bridgehead atoms. The number of nitrogens with one attached hydrogen (secondary N) is 1. The second-order valence-electron chi connectivity index (χ2n) is 7.78. The number of aromatic nitrogens is 2. The molecule has 2 fully saturated rings. The molecule has 0 unspecified atom stereocenters. The van der Waals surface area contributed by atoms with Crippen LogP contribution in [0.2, 0.25) is 0 Å². The van der Waals surface area contributed by atoms with E-state index in [2.05, 4.69) is 9.97 Å². The van der Waals surface area contributed by atoms with Gasteiger partial charge in [0.2, 0.25) is 5.91 Å². The zero-order valence-electron chi connectivity index (χ0n) is 16.2. The van der Waals surface area contributed by atoms with Crippen molar-refractivity contribution < 1.29 is 26.4 Å². The Balaban J connectivity index is 1.43. The lowest BCUT2D eigenvalue weighted by Crippen LogP contribution is -2.36. The standard InChI is InChI=1S/C19H21F3N4O3S/c1-30(28,29)13-4-2-12(3-5-13)10-26-14-6-7-25(15(14)8-18(26)27)11-17-23-9-16(24-17)19(20,21)22/h2-5,9,14-15H,6-8,10-11H2,1H3,(H,23,24)/t14-,15-/m0/s1. The molecule has 2 aromatic rings. The number of aromatic amines is 1. The smallest absolute Gasteiger partial charge is 0.337 e. The number of benzene rings is 1. The van der Waals surface area contributed by atoms with Gasteiger partial charge >= 0.3 is 6.18 Å². The van der Waals surface area contributed by atoms with Crippen molar-refractivity contribution in [3.8, 4) is 0 Å². The molecule has 162 valence electrons. The van der Waals surface area contributed by atoms with Gasteiger partial charge < -0.3 is 9.88 Å². The van der Waals surface area contributed by atoms with Crippen LogP contribution in [0.5, 0.6) is 0 Å². The first-order chi connectivity index (χ1) is 14.0. The molecule has 30 heavy (non-hydrogen) atoms. The second kappa shape index (κ2) is 7.38. The predicted molar refractivity (Wildman–Crippen MR) is 101 cm³/mol. The number of hydrogen-bond donors (Lipinski definition) is 1. The van der Waals surface area contributed by atoms with E-state index in [9.17, 15) is 26.4 Å². The number of imidazole rings is 1. The Morgan fingerprint density at radius 3 is 2.47 bits per heavy atom. The van der Waals surface area contributed by atoms with Crippen LogP contribution in [0.3, 0.4) is 0 Å². The Bertz CT molecular complexity index is 1050. The Labute approximate surface area is 171 Å². The molecule has 2 saturated heterocycles. The summed E-state index contributed by atoms with van der Waals surface area (Å²) in [5.41, 5.74) is -0.0504. The van der Waals surface area contributed by atoms with Gasteiger partial charge in [0, 0.05) is 37.8 Å². The number of halogens is 3. The Morgan fingerprint density at radius 1 is 1.17 bits per heavy atom. The van der Waals surface area contributed by atoms with Crippen molar-refractivity contribution in [3.63, 3.8) is 0 Å². The number of amides is 1. The van der Waals surface area contributed by atoms with Crippen molar-refractivity contribution in [2.45, 2.75) is 49.1 Å². The van der Waals surface area contributed by atoms with E-state index >= 15 is 0 Å². The first kappa shape index (κ1) is 20.9. The number of alkyl halides is 3. The van der Waals surface area contributed by atoms with E-state index in [0.717, 1.165) is 24.4 Å². The van der Waals surface area contributed by atoms with Gasteiger partial charge in [0.05, 0.1) is 17.6 Å². The van der Waals surface area contributed by atoms with Gasteiger partial charge in [-0.3, -0.25) is 9.69 Å². The van der Waals surface area contributed by atoms with Crippen molar-refractivity contribution >= 4 is 15.7 Å². The van der Waals surface area contributed by atoms with Crippen LogP contribution < -0.4 is 0 Å². The van der Waals surface area contributed by atoms with Crippen molar-refractivity contribution in [2.24, 2.45) is 0 Å². The highest BCUT2D eigenvalue weighted by Gasteiger charge is 2.46. The highest BCUT2D eigenvalue weighted by molar-refractivity contribution is 7.90. The summed E-state index contributed by atoms with van der Waals surface area (Å²) in [7, 11) is -3.28. The van der Waals surface area contributed by atoms with Crippen molar-refractivity contribution in [1.82, 2.24) is 19.8 Å². The van der Waals surface area contributed by atoms with Gasteiger partial charge in [-0.05, 0) is 24.1 Å². The van der Waals surface area contributed by atoms with Crippen LogP contribution >= 0.6 is 0 Å². The number of carbonyl (C=O) groups is 1. The van der Waals surface area contributed by atoms with E-state index in [0.29, 0.717) is 19.5 Å². The minimum absolute atomic E-state index is 0.0164. The quantitative estimate of drug-likeness (QED) is 0.767. The number of nitrogens with zero attached hydrogens (tertiary/aromatic N) is 3. The zero-order valence-corrected chi connectivity index (χ0v) is 17.0. The summed E-state index contributed by atoms with van der Waals surface area (Å²) >= 11 is 0. The van der Waals surface area contributed by atoms with Gasteiger partial charge in [0.25, 0.3) is 0 Å². The van der Waals surface area contributed by atoms with E-state index in [4.69, 9.17) is 0 Å². The molecule has 1 aromatic heterocycles. The molecule has 4 rings (SSSR count). The maximum atomic E-state index is 12.8. The first-order valence-corrected chi connectivity index (χ1v) is 11.3. The molecule has 2 aliphatic rings. The summed E-state index contributed by atoms with van der Waals surface area (Å²) in [5, 5.41) is 0. The van der Waals surface area contributed by atoms with Crippen molar-refractivity contribution in [2.75, 3.05) is 12.8 Å². The third-order valence-corrected chi connectivity index (χ3v) is 6.85. The van der Waals surface area contributed by atoms with E-state index in [1.165, 1.54) is 12.1 Å². The van der Waals surface area contributed by atoms with Gasteiger partial charge in [0.15, 0.2) is 9.84 Å². The average Bonchev–Trinajstić information content (AvgIpc) is 3.34. The fourth-order valence-electron chi connectivity index (χ4n) is 4.23. The molecule has 0 saturated carbocycles. The number of likely N-dealkylation sites (tertiary alicyclic amines) is 2. The first-order valence-electron chi connectivity index (χ1n) is 9.46. The number of carbonyl (C=O) groups excluding carboxylic acids is 1. The van der Waals surface area contributed by atoms with E-state index in [1.54, 1.807) is 17.0 Å². The van der Waals surface area contributed by atoms with E-state index in [1.807, 2.05) is 4.90 Å². The fraction of sp³-hybridized carbons (Fsp3) is 0.474. The largest absolute Gasteiger partial charge is 0.432 e. The van der Waals surface area contributed by atoms with E-state index < -0.39 is 21.7 Å². The van der Waals surface area contributed by atoms with Crippen LogP contribution in [-0.4, -0.2) is 59.0 Å². The zero-order chi connectivity index (χ0) is 21.7. The summed E-state index contributed by atoms with van der Waals surface area (Å²) in [6.07, 6.45) is -1.51. The lowest BCUT2D eigenvalue weighted by Gasteiger charge is -2.25.